The second-order valence-corrected chi connectivity index (χ2v) is 10.3. The third-order valence-electron chi connectivity index (χ3n) is 5.09. The van der Waals surface area contributed by atoms with Crippen LogP contribution in [0.5, 0.6) is 11.5 Å². The first kappa shape index (κ1) is 20.5. The van der Waals surface area contributed by atoms with Crippen LogP contribution in [-0.4, -0.2) is 32.4 Å². The minimum Gasteiger partial charge on any atom is -0.454 e. The van der Waals surface area contributed by atoms with E-state index in [2.05, 4.69) is 10.1 Å². The van der Waals surface area contributed by atoms with Gasteiger partial charge in [0.05, 0.1) is 5.69 Å². The van der Waals surface area contributed by atoms with Crippen LogP contribution in [0.4, 0.5) is 5.69 Å². The molecule has 0 saturated heterocycles. The Balaban J connectivity index is 1.50. The molecule has 8 nitrogen and oxygen atoms in total. The Morgan fingerprint density at radius 2 is 1.75 bits per heavy atom. The van der Waals surface area contributed by atoms with Crippen LogP contribution >= 0.6 is 11.3 Å². The molecule has 0 N–H and O–H groups in total. The summed E-state index contributed by atoms with van der Waals surface area (Å²) < 4.78 is 44.3. The molecule has 10 heteroatoms. The normalized spacial score (nSPS) is 12.8. The summed E-state index contributed by atoms with van der Waals surface area (Å²) >= 11 is 1.23. The number of anilines is 1. The van der Waals surface area contributed by atoms with Gasteiger partial charge < -0.3 is 14.0 Å². The smallest absolute Gasteiger partial charge is 0.269 e. The van der Waals surface area contributed by atoms with Gasteiger partial charge in [0.1, 0.15) is 9.77 Å². The van der Waals surface area contributed by atoms with Crippen molar-refractivity contribution in [3.8, 4) is 33.7 Å². The molecule has 0 unspecified atom stereocenters. The highest BCUT2D eigenvalue weighted by molar-refractivity contribution is 7.93. The Hall–Kier alpha value is -3.37. The van der Waals surface area contributed by atoms with Crippen molar-refractivity contribution in [3.63, 3.8) is 0 Å². The Morgan fingerprint density at radius 3 is 2.53 bits per heavy atom. The van der Waals surface area contributed by atoms with Crippen LogP contribution in [0.1, 0.15) is 11.1 Å². The molecular weight excluding hydrogens is 450 g/mol. The first-order valence-corrected chi connectivity index (χ1v) is 12.0. The minimum atomic E-state index is -3.84. The fourth-order valence-corrected chi connectivity index (χ4v) is 6.04. The molecule has 0 amide bonds. The van der Waals surface area contributed by atoms with E-state index in [0.717, 1.165) is 11.1 Å². The van der Waals surface area contributed by atoms with Crippen molar-refractivity contribution in [1.29, 1.82) is 0 Å². The van der Waals surface area contributed by atoms with Gasteiger partial charge in [-0.05, 0) is 66.8 Å². The highest BCUT2D eigenvalue weighted by atomic mass is 32.2. The van der Waals surface area contributed by atoms with Crippen molar-refractivity contribution >= 4 is 27.0 Å². The number of thiophene rings is 1. The van der Waals surface area contributed by atoms with Gasteiger partial charge in [-0.1, -0.05) is 11.2 Å². The lowest BCUT2D eigenvalue weighted by molar-refractivity contribution is 0.174. The highest BCUT2D eigenvalue weighted by Crippen LogP contribution is 2.38. The molecule has 0 atom stereocenters. The van der Waals surface area contributed by atoms with E-state index in [1.165, 1.54) is 22.7 Å². The fraction of sp³-hybridized carbons (Fsp3) is 0.182. The molecule has 0 fully saturated rings. The fourth-order valence-electron chi connectivity index (χ4n) is 3.54. The second-order valence-electron chi connectivity index (χ2n) is 7.42. The van der Waals surface area contributed by atoms with E-state index < -0.39 is 10.0 Å². The summed E-state index contributed by atoms with van der Waals surface area (Å²) in [5, 5.41) is 5.73. The van der Waals surface area contributed by atoms with E-state index in [1.54, 1.807) is 29.6 Å². The number of rotatable bonds is 5. The SMILES string of the molecule is Cc1cc(C)cc(N(C)S(=O)(=O)c2ccsc2-c2nc(-c3ccc4c(c3)OCO4)no2)c1. The average molecular weight is 470 g/mol. The number of aromatic nitrogens is 2. The Labute approximate surface area is 189 Å². The molecule has 0 aliphatic carbocycles. The zero-order chi connectivity index (χ0) is 22.5. The van der Waals surface area contributed by atoms with Crippen molar-refractivity contribution in [2.75, 3.05) is 18.1 Å². The second kappa shape index (κ2) is 7.64. The van der Waals surface area contributed by atoms with Crippen molar-refractivity contribution in [3.05, 3.63) is 59.0 Å². The molecule has 4 aromatic rings. The summed E-state index contributed by atoms with van der Waals surface area (Å²) in [4.78, 5) is 4.94. The average Bonchev–Trinajstić information content (AvgIpc) is 3.51. The van der Waals surface area contributed by atoms with Crippen molar-refractivity contribution < 1.29 is 22.4 Å². The number of hydrogen-bond acceptors (Lipinski definition) is 8. The molecular formula is C22H19N3O5S2. The zero-order valence-electron chi connectivity index (χ0n) is 17.5. The van der Waals surface area contributed by atoms with E-state index in [9.17, 15) is 8.42 Å². The van der Waals surface area contributed by atoms with Gasteiger partial charge in [0, 0.05) is 12.6 Å². The van der Waals surface area contributed by atoms with Gasteiger partial charge in [-0.25, -0.2) is 8.42 Å². The largest absolute Gasteiger partial charge is 0.454 e. The van der Waals surface area contributed by atoms with Gasteiger partial charge in [-0.3, -0.25) is 4.31 Å². The van der Waals surface area contributed by atoms with Crippen LogP contribution in [0.3, 0.4) is 0 Å². The molecule has 32 heavy (non-hydrogen) atoms. The first-order chi connectivity index (χ1) is 15.3. The van der Waals surface area contributed by atoms with Crippen molar-refractivity contribution in [1.82, 2.24) is 10.1 Å². The lowest BCUT2D eigenvalue weighted by Crippen LogP contribution is -2.26. The summed E-state index contributed by atoms with van der Waals surface area (Å²) in [7, 11) is -2.31. The van der Waals surface area contributed by atoms with E-state index in [4.69, 9.17) is 14.0 Å². The van der Waals surface area contributed by atoms with E-state index in [0.29, 0.717) is 33.5 Å². The van der Waals surface area contributed by atoms with Crippen molar-refractivity contribution in [2.24, 2.45) is 0 Å². The van der Waals surface area contributed by atoms with Crippen LogP contribution in [0, 0.1) is 13.8 Å². The quantitative estimate of drug-likeness (QED) is 0.420. The number of benzene rings is 2. The number of aryl methyl sites for hydroxylation is 2. The predicted molar refractivity (Wildman–Crippen MR) is 121 cm³/mol. The van der Waals surface area contributed by atoms with E-state index in [1.807, 2.05) is 32.0 Å². The monoisotopic (exact) mass is 469 g/mol. The molecule has 0 spiro atoms. The van der Waals surface area contributed by atoms with Crippen LogP contribution in [0.15, 0.2) is 57.3 Å². The van der Waals surface area contributed by atoms with Gasteiger partial charge in [-0.15, -0.1) is 11.3 Å². The lowest BCUT2D eigenvalue weighted by atomic mass is 10.1. The molecule has 3 heterocycles. The van der Waals surface area contributed by atoms with Gasteiger partial charge in [0.25, 0.3) is 15.9 Å². The molecule has 1 aliphatic rings. The number of sulfonamides is 1. The highest BCUT2D eigenvalue weighted by Gasteiger charge is 2.29. The summed E-state index contributed by atoms with van der Waals surface area (Å²) in [6, 6.07) is 12.5. The third kappa shape index (κ3) is 3.51. The lowest BCUT2D eigenvalue weighted by Gasteiger charge is -2.20. The van der Waals surface area contributed by atoms with Gasteiger partial charge in [0.2, 0.25) is 12.6 Å². The molecule has 2 aromatic carbocycles. The number of hydrogen-bond donors (Lipinski definition) is 0. The van der Waals surface area contributed by atoms with E-state index >= 15 is 0 Å². The van der Waals surface area contributed by atoms with Gasteiger partial charge in [0.15, 0.2) is 11.5 Å². The molecule has 0 radical (unpaired) electrons. The maximum atomic E-state index is 13.4. The molecule has 0 bridgehead atoms. The maximum Gasteiger partial charge on any atom is 0.269 e. The standard InChI is InChI=1S/C22H19N3O5S2/c1-13-8-14(2)10-16(9-13)25(3)32(26,27)19-6-7-31-20(19)22-23-21(24-30-22)15-4-5-17-18(11-15)29-12-28-17/h4-11H,12H2,1-3H3. The van der Waals surface area contributed by atoms with E-state index in [-0.39, 0.29) is 17.6 Å². The minimum absolute atomic E-state index is 0.116. The van der Waals surface area contributed by atoms with Crippen molar-refractivity contribution in [2.45, 2.75) is 18.7 Å². The first-order valence-electron chi connectivity index (χ1n) is 9.72. The summed E-state index contributed by atoms with van der Waals surface area (Å²) in [5.74, 6) is 1.72. The Morgan fingerprint density at radius 1 is 1.00 bits per heavy atom. The summed E-state index contributed by atoms with van der Waals surface area (Å²) in [6.07, 6.45) is 0. The maximum absolute atomic E-state index is 13.4. The van der Waals surface area contributed by atoms with Gasteiger partial charge in [-0.2, -0.15) is 4.98 Å². The predicted octanol–water partition coefficient (Wildman–Crippen LogP) is 4.64. The molecule has 164 valence electrons. The third-order valence-corrected chi connectivity index (χ3v) is 7.95. The Bertz CT molecular complexity index is 1400. The molecule has 0 saturated carbocycles. The zero-order valence-corrected chi connectivity index (χ0v) is 19.2. The van der Waals surface area contributed by atoms with Crippen LogP contribution < -0.4 is 13.8 Å². The number of nitrogens with zero attached hydrogens (tertiary/aromatic N) is 3. The molecule has 5 rings (SSSR count). The topological polar surface area (TPSA) is 94.8 Å². The van der Waals surface area contributed by atoms with Crippen LogP contribution in [0.2, 0.25) is 0 Å². The summed E-state index contributed by atoms with van der Waals surface area (Å²) in [6.45, 7) is 4.03. The van der Waals surface area contributed by atoms with Crippen LogP contribution in [0.25, 0.3) is 22.2 Å². The Kier molecular flexibility index (Phi) is 4.90. The van der Waals surface area contributed by atoms with Crippen LogP contribution in [-0.2, 0) is 10.0 Å². The van der Waals surface area contributed by atoms with Gasteiger partial charge >= 0.3 is 0 Å². The number of fused-ring (bicyclic) bond motifs is 1. The number of ether oxygens (including phenoxy) is 2. The summed E-state index contributed by atoms with van der Waals surface area (Å²) in [5.41, 5.74) is 3.24. The molecule has 2 aromatic heterocycles. The molecule has 1 aliphatic heterocycles.